The molecule has 1 heterocycles. The van der Waals surface area contributed by atoms with Crippen molar-refractivity contribution in [3.05, 3.63) is 36.0 Å². The summed E-state index contributed by atoms with van der Waals surface area (Å²) in [6.07, 6.45) is 2.05. The molecule has 1 aromatic carbocycles. The first-order valence-corrected chi connectivity index (χ1v) is 7.30. The molecular weight excluding hydrogens is 260 g/mol. The van der Waals surface area contributed by atoms with E-state index in [0.717, 1.165) is 17.3 Å². The number of nitrogens with zero attached hydrogens (tertiary/aromatic N) is 1. The van der Waals surface area contributed by atoms with Gasteiger partial charge in [-0.05, 0) is 17.7 Å². The van der Waals surface area contributed by atoms with Crippen LogP contribution in [0.4, 0.5) is 5.82 Å². The molecule has 5 heteroatoms. The highest BCUT2D eigenvalue weighted by Crippen LogP contribution is 2.23. The Morgan fingerprint density at radius 3 is 2.89 bits per heavy atom. The van der Waals surface area contributed by atoms with Gasteiger partial charge in [-0.2, -0.15) is 11.8 Å². The SMILES string of the molecule is CSC(C)CNc1nc(C(=O)O)cc2ccccc12. The molecule has 2 aromatic rings. The zero-order valence-corrected chi connectivity index (χ0v) is 11.7. The number of fused-ring (bicyclic) bond motifs is 1. The van der Waals surface area contributed by atoms with Gasteiger partial charge in [0.05, 0.1) is 0 Å². The number of aromatic nitrogens is 1. The van der Waals surface area contributed by atoms with Crippen molar-refractivity contribution in [3.8, 4) is 0 Å². The summed E-state index contributed by atoms with van der Waals surface area (Å²) in [5.74, 6) is -0.372. The van der Waals surface area contributed by atoms with E-state index in [1.54, 1.807) is 17.8 Å². The minimum atomic E-state index is -1.01. The number of aromatic carboxylic acids is 1. The van der Waals surface area contributed by atoms with Crippen molar-refractivity contribution in [2.75, 3.05) is 18.1 Å². The molecule has 0 aliphatic heterocycles. The van der Waals surface area contributed by atoms with Gasteiger partial charge in [-0.1, -0.05) is 31.2 Å². The topological polar surface area (TPSA) is 62.2 Å². The lowest BCUT2D eigenvalue weighted by Gasteiger charge is -2.13. The highest BCUT2D eigenvalue weighted by atomic mass is 32.2. The van der Waals surface area contributed by atoms with Crippen molar-refractivity contribution in [1.82, 2.24) is 4.98 Å². The summed E-state index contributed by atoms with van der Waals surface area (Å²) < 4.78 is 0. The van der Waals surface area contributed by atoms with E-state index in [2.05, 4.69) is 17.2 Å². The van der Waals surface area contributed by atoms with Crippen LogP contribution in [0.3, 0.4) is 0 Å². The largest absolute Gasteiger partial charge is 0.477 e. The van der Waals surface area contributed by atoms with Crippen molar-refractivity contribution in [2.24, 2.45) is 0 Å². The van der Waals surface area contributed by atoms with Crippen LogP contribution in [0.25, 0.3) is 10.8 Å². The summed E-state index contributed by atoms with van der Waals surface area (Å²) in [7, 11) is 0. The van der Waals surface area contributed by atoms with Crippen LogP contribution < -0.4 is 5.32 Å². The number of carboxylic acids is 1. The van der Waals surface area contributed by atoms with Gasteiger partial charge in [0.1, 0.15) is 5.82 Å². The lowest BCUT2D eigenvalue weighted by atomic mass is 10.1. The lowest BCUT2D eigenvalue weighted by molar-refractivity contribution is 0.0691. The fourth-order valence-corrected chi connectivity index (χ4v) is 2.02. The normalized spacial score (nSPS) is 12.3. The highest BCUT2D eigenvalue weighted by Gasteiger charge is 2.11. The zero-order valence-electron chi connectivity index (χ0n) is 10.9. The van der Waals surface area contributed by atoms with Crippen molar-refractivity contribution in [2.45, 2.75) is 12.2 Å². The lowest BCUT2D eigenvalue weighted by Crippen LogP contribution is -2.15. The number of carboxylic acid groups (broad SMARTS) is 1. The number of pyridine rings is 1. The molecule has 19 heavy (non-hydrogen) atoms. The van der Waals surface area contributed by atoms with E-state index in [1.807, 2.05) is 30.5 Å². The number of thioether (sulfide) groups is 1. The van der Waals surface area contributed by atoms with Crippen LogP contribution >= 0.6 is 11.8 Å². The first-order chi connectivity index (χ1) is 9.11. The molecule has 0 radical (unpaired) electrons. The number of anilines is 1. The van der Waals surface area contributed by atoms with E-state index in [0.29, 0.717) is 11.1 Å². The first kappa shape index (κ1) is 13.7. The Hall–Kier alpha value is -1.75. The van der Waals surface area contributed by atoms with Crippen molar-refractivity contribution in [3.63, 3.8) is 0 Å². The maximum atomic E-state index is 11.1. The van der Waals surface area contributed by atoms with Crippen molar-refractivity contribution >= 4 is 34.3 Å². The Morgan fingerprint density at radius 2 is 2.21 bits per heavy atom. The third-order valence-corrected chi connectivity index (χ3v) is 3.89. The second-order valence-corrected chi connectivity index (χ2v) is 5.59. The molecule has 1 unspecified atom stereocenters. The third kappa shape index (κ3) is 3.17. The van der Waals surface area contributed by atoms with Gasteiger partial charge < -0.3 is 10.4 Å². The molecule has 2 N–H and O–H groups in total. The van der Waals surface area contributed by atoms with E-state index in [9.17, 15) is 4.79 Å². The second kappa shape index (κ2) is 5.93. The Balaban J connectivity index is 2.41. The fraction of sp³-hybridized carbons (Fsp3) is 0.286. The minimum absolute atomic E-state index is 0.0676. The van der Waals surface area contributed by atoms with E-state index in [4.69, 9.17) is 5.11 Å². The van der Waals surface area contributed by atoms with Crippen LogP contribution in [-0.4, -0.2) is 34.1 Å². The van der Waals surface area contributed by atoms with Crippen LogP contribution in [0.2, 0.25) is 0 Å². The zero-order chi connectivity index (χ0) is 13.8. The second-order valence-electron chi connectivity index (χ2n) is 4.31. The van der Waals surface area contributed by atoms with Crippen molar-refractivity contribution in [1.29, 1.82) is 0 Å². The first-order valence-electron chi connectivity index (χ1n) is 6.01. The fourth-order valence-electron chi connectivity index (χ4n) is 1.77. The van der Waals surface area contributed by atoms with Gasteiger partial charge >= 0.3 is 5.97 Å². The number of benzene rings is 1. The van der Waals surface area contributed by atoms with Crippen molar-refractivity contribution < 1.29 is 9.90 Å². The Bertz CT molecular complexity index is 601. The molecule has 0 saturated heterocycles. The predicted molar refractivity (Wildman–Crippen MR) is 80.2 cm³/mol. The number of rotatable bonds is 5. The molecule has 0 spiro atoms. The van der Waals surface area contributed by atoms with Crippen LogP contribution in [0.1, 0.15) is 17.4 Å². The molecular formula is C14H16N2O2S. The van der Waals surface area contributed by atoms with Crippen LogP contribution in [0, 0.1) is 0 Å². The molecule has 100 valence electrons. The van der Waals surface area contributed by atoms with Gasteiger partial charge in [-0.3, -0.25) is 0 Å². The van der Waals surface area contributed by atoms with E-state index in [1.165, 1.54) is 0 Å². The van der Waals surface area contributed by atoms with Gasteiger partial charge in [0.15, 0.2) is 5.69 Å². The number of carbonyl (C=O) groups is 1. The van der Waals surface area contributed by atoms with E-state index in [-0.39, 0.29) is 5.69 Å². The summed E-state index contributed by atoms with van der Waals surface area (Å²) >= 11 is 1.75. The van der Waals surface area contributed by atoms with Crippen LogP contribution in [-0.2, 0) is 0 Å². The Morgan fingerprint density at radius 1 is 1.47 bits per heavy atom. The standard InChI is InChI=1S/C14H16N2O2S/c1-9(19-2)8-15-13-11-6-4-3-5-10(11)7-12(16-13)14(17)18/h3-7,9H,8H2,1-2H3,(H,15,16)(H,17,18). The van der Waals surface area contributed by atoms with E-state index >= 15 is 0 Å². The van der Waals surface area contributed by atoms with Crippen LogP contribution in [0.15, 0.2) is 30.3 Å². The summed E-state index contributed by atoms with van der Waals surface area (Å²) in [6.45, 7) is 2.86. The molecule has 0 fully saturated rings. The molecule has 0 amide bonds. The molecule has 4 nitrogen and oxygen atoms in total. The summed E-state index contributed by atoms with van der Waals surface area (Å²) in [5.41, 5.74) is 0.0676. The van der Waals surface area contributed by atoms with Gasteiger partial charge in [0.2, 0.25) is 0 Å². The minimum Gasteiger partial charge on any atom is -0.477 e. The van der Waals surface area contributed by atoms with Gasteiger partial charge in [0, 0.05) is 17.2 Å². The quantitative estimate of drug-likeness (QED) is 0.878. The average Bonchev–Trinajstić information content (AvgIpc) is 2.43. The number of hydrogen-bond donors (Lipinski definition) is 2. The average molecular weight is 276 g/mol. The molecule has 0 aliphatic rings. The summed E-state index contributed by atoms with van der Waals surface area (Å²) in [5, 5.41) is 14.6. The maximum absolute atomic E-state index is 11.1. The molecule has 2 rings (SSSR count). The van der Waals surface area contributed by atoms with Gasteiger partial charge in [-0.25, -0.2) is 9.78 Å². The number of hydrogen-bond acceptors (Lipinski definition) is 4. The van der Waals surface area contributed by atoms with Crippen LogP contribution in [0.5, 0.6) is 0 Å². The van der Waals surface area contributed by atoms with E-state index < -0.39 is 5.97 Å². The van der Waals surface area contributed by atoms with Gasteiger partial charge in [0.25, 0.3) is 0 Å². The molecule has 0 aliphatic carbocycles. The molecule has 0 saturated carbocycles. The smallest absolute Gasteiger partial charge is 0.354 e. The Kier molecular flexibility index (Phi) is 4.27. The summed E-state index contributed by atoms with van der Waals surface area (Å²) in [6, 6.07) is 9.25. The molecule has 0 bridgehead atoms. The predicted octanol–water partition coefficient (Wildman–Crippen LogP) is 3.10. The third-order valence-electron chi connectivity index (χ3n) is 2.92. The maximum Gasteiger partial charge on any atom is 0.354 e. The Labute approximate surface area is 116 Å². The number of nitrogens with one attached hydrogen (secondary N) is 1. The molecule has 1 aromatic heterocycles. The summed E-state index contributed by atoms with van der Waals surface area (Å²) in [4.78, 5) is 15.3. The monoisotopic (exact) mass is 276 g/mol. The molecule has 1 atom stereocenters. The van der Waals surface area contributed by atoms with Gasteiger partial charge in [-0.15, -0.1) is 0 Å². The highest BCUT2D eigenvalue weighted by molar-refractivity contribution is 7.99.